The highest BCUT2D eigenvalue weighted by atomic mass is 35.5. The van der Waals surface area contributed by atoms with Crippen molar-refractivity contribution in [3.8, 4) is 17.0 Å². The fourth-order valence-corrected chi connectivity index (χ4v) is 4.42. The number of ether oxygens (including phenoxy) is 1. The summed E-state index contributed by atoms with van der Waals surface area (Å²) in [6, 6.07) is 20.8. The van der Waals surface area contributed by atoms with E-state index < -0.39 is 0 Å². The Hall–Kier alpha value is -3.06. The fourth-order valence-electron chi connectivity index (χ4n) is 4.17. The first-order valence-corrected chi connectivity index (χ1v) is 11.9. The van der Waals surface area contributed by atoms with Gasteiger partial charge >= 0.3 is 0 Å². The highest BCUT2D eigenvalue weighted by Gasteiger charge is 2.24. The SMILES string of the molecule is O=C(COc1ccc(Cl)cc1)N1CCN(Cc2c(-c3ccc(Cl)cc3)nc3ccccn23)CC1. The lowest BCUT2D eigenvalue weighted by Crippen LogP contribution is -2.49. The van der Waals surface area contributed by atoms with Crippen LogP contribution in [0.5, 0.6) is 5.75 Å². The normalized spacial score (nSPS) is 14.5. The molecule has 8 heteroatoms. The largest absolute Gasteiger partial charge is 0.484 e. The molecule has 0 bridgehead atoms. The minimum atomic E-state index is -0.00810. The van der Waals surface area contributed by atoms with Gasteiger partial charge in [0, 0.05) is 54.5 Å². The van der Waals surface area contributed by atoms with Gasteiger partial charge in [0.1, 0.15) is 11.4 Å². The lowest BCUT2D eigenvalue weighted by Gasteiger charge is -2.34. The van der Waals surface area contributed by atoms with Crippen molar-refractivity contribution in [3.63, 3.8) is 0 Å². The number of benzene rings is 2. The molecule has 3 heterocycles. The molecule has 1 aliphatic heterocycles. The number of rotatable bonds is 6. The monoisotopic (exact) mass is 494 g/mol. The van der Waals surface area contributed by atoms with Crippen molar-refractivity contribution in [1.29, 1.82) is 0 Å². The van der Waals surface area contributed by atoms with Gasteiger partial charge in [-0.3, -0.25) is 9.69 Å². The number of amides is 1. The lowest BCUT2D eigenvalue weighted by molar-refractivity contribution is -0.135. The molecule has 0 atom stereocenters. The standard InChI is InChI=1S/C26H24Cl2N4O2/c27-20-6-4-19(5-7-20)26-23(32-12-2-1-3-24(32)29-26)17-30-13-15-31(16-14-30)25(33)18-34-22-10-8-21(28)9-11-22/h1-12H,13-18H2. The molecule has 1 fully saturated rings. The third-order valence-electron chi connectivity index (χ3n) is 6.02. The second kappa shape index (κ2) is 10.1. The van der Waals surface area contributed by atoms with E-state index in [9.17, 15) is 4.79 Å². The van der Waals surface area contributed by atoms with Crippen molar-refractivity contribution in [3.05, 3.63) is 88.7 Å². The molecule has 1 saturated heterocycles. The average molecular weight is 495 g/mol. The van der Waals surface area contributed by atoms with E-state index in [-0.39, 0.29) is 12.5 Å². The number of carbonyl (C=O) groups excluding carboxylic acids is 1. The van der Waals surface area contributed by atoms with Gasteiger partial charge < -0.3 is 14.0 Å². The number of hydrogen-bond acceptors (Lipinski definition) is 4. The summed E-state index contributed by atoms with van der Waals surface area (Å²) in [5.41, 5.74) is 4.04. The molecule has 0 radical (unpaired) electrons. The van der Waals surface area contributed by atoms with Gasteiger partial charge in [-0.1, -0.05) is 41.4 Å². The first kappa shape index (κ1) is 22.7. The Labute approximate surface area is 208 Å². The summed E-state index contributed by atoms with van der Waals surface area (Å²) in [7, 11) is 0. The predicted molar refractivity (Wildman–Crippen MR) is 134 cm³/mol. The van der Waals surface area contributed by atoms with E-state index in [2.05, 4.69) is 9.30 Å². The van der Waals surface area contributed by atoms with Crippen LogP contribution in [0.3, 0.4) is 0 Å². The van der Waals surface area contributed by atoms with Crippen LogP contribution < -0.4 is 4.74 Å². The van der Waals surface area contributed by atoms with Gasteiger partial charge in [0.25, 0.3) is 5.91 Å². The third-order valence-corrected chi connectivity index (χ3v) is 6.52. The first-order chi connectivity index (χ1) is 16.6. The van der Waals surface area contributed by atoms with Crippen molar-refractivity contribution < 1.29 is 9.53 Å². The van der Waals surface area contributed by atoms with Crippen molar-refractivity contribution >= 4 is 34.8 Å². The van der Waals surface area contributed by atoms with Crippen molar-refractivity contribution in [2.75, 3.05) is 32.8 Å². The topological polar surface area (TPSA) is 50.1 Å². The van der Waals surface area contributed by atoms with Crippen LogP contribution in [0.4, 0.5) is 0 Å². The molecule has 174 valence electrons. The van der Waals surface area contributed by atoms with Crippen molar-refractivity contribution in [1.82, 2.24) is 19.2 Å². The van der Waals surface area contributed by atoms with Crippen molar-refractivity contribution in [2.45, 2.75) is 6.54 Å². The second-order valence-corrected chi connectivity index (χ2v) is 9.12. The summed E-state index contributed by atoms with van der Waals surface area (Å²) < 4.78 is 7.77. The van der Waals surface area contributed by atoms with E-state index in [4.69, 9.17) is 32.9 Å². The van der Waals surface area contributed by atoms with Crippen molar-refractivity contribution in [2.24, 2.45) is 0 Å². The van der Waals surface area contributed by atoms with E-state index in [0.717, 1.165) is 42.2 Å². The number of piperazine rings is 1. The quantitative estimate of drug-likeness (QED) is 0.377. The van der Waals surface area contributed by atoms with Gasteiger partial charge in [0.2, 0.25) is 0 Å². The fraction of sp³-hybridized carbons (Fsp3) is 0.231. The summed E-state index contributed by atoms with van der Waals surface area (Å²) in [5, 5.41) is 1.34. The predicted octanol–water partition coefficient (Wildman–Crippen LogP) is 5.03. The van der Waals surface area contributed by atoms with E-state index in [1.165, 1.54) is 0 Å². The molecular weight excluding hydrogens is 471 g/mol. The Balaban J connectivity index is 1.24. The van der Waals surface area contributed by atoms with Gasteiger partial charge in [-0.05, 0) is 48.5 Å². The lowest BCUT2D eigenvalue weighted by atomic mass is 10.1. The van der Waals surface area contributed by atoms with E-state index >= 15 is 0 Å². The number of carbonyl (C=O) groups is 1. The molecule has 0 unspecified atom stereocenters. The number of aromatic nitrogens is 2. The Morgan fingerprint density at radius 3 is 2.26 bits per heavy atom. The molecule has 1 aliphatic rings. The molecule has 4 aromatic rings. The van der Waals surface area contributed by atoms with Crippen LogP contribution in [-0.2, 0) is 11.3 Å². The highest BCUT2D eigenvalue weighted by molar-refractivity contribution is 6.30. The molecule has 0 aliphatic carbocycles. The molecule has 2 aromatic heterocycles. The summed E-state index contributed by atoms with van der Waals surface area (Å²) in [5.74, 6) is 0.630. The summed E-state index contributed by atoms with van der Waals surface area (Å²) in [6.07, 6.45) is 2.05. The highest BCUT2D eigenvalue weighted by Crippen LogP contribution is 2.27. The van der Waals surface area contributed by atoms with Crippen LogP contribution >= 0.6 is 23.2 Å². The zero-order valence-electron chi connectivity index (χ0n) is 18.5. The average Bonchev–Trinajstić information content (AvgIpc) is 3.23. The molecule has 1 amide bonds. The zero-order valence-corrected chi connectivity index (χ0v) is 20.0. The number of nitrogens with zero attached hydrogens (tertiary/aromatic N) is 4. The molecule has 0 N–H and O–H groups in total. The Morgan fingerprint density at radius 2 is 1.56 bits per heavy atom. The molecule has 0 spiro atoms. The van der Waals surface area contributed by atoms with Gasteiger partial charge in [0.15, 0.2) is 6.61 Å². The zero-order chi connectivity index (χ0) is 23.5. The summed E-state index contributed by atoms with van der Waals surface area (Å²) >= 11 is 12.0. The minimum Gasteiger partial charge on any atom is -0.484 e. The van der Waals surface area contributed by atoms with Crippen LogP contribution in [0.15, 0.2) is 72.9 Å². The summed E-state index contributed by atoms with van der Waals surface area (Å²) in [4.78, 5) is 21.7. The smallest absolute Gasteiger partial charge is 0.260 e. The summed E-state index contributed by atoms with van der Waals surface area (Å²) in [6.45, 7) is 3.66. The first-order valence-electron chi connectivity index (χ1n) is 11.2. The Kier molecular flexibility index (Phi) is 6.72. The minimum absolute atomic E-state index is 0.00810. The van der Waals surface area contributed by atoms with Crippen LogP contribution in [0, 0.1) is 0 Å². The molecule has 6 nitrogen and oxygen atoms in total. The van der Waals surface area contributed by atoms with Crippen LogP contribution in [0.25, 0.3) is 16.9 Å². The number of imidazole rings is 1. The molecule has 34 heavy (non-hydrogen) atoms. The molecule has 2 aromatic carbocycles. The van der Waals surface area contributed by atoms with Gasteiger partial charge in [-0.2, -0.15) is 0 Å². The van der Waals surface area contributed by atoms with Gasteiger partial charge in [-0.15, -0.1) is 0 Å². The van der Waals surface area contributed by atoms with E-state index in [1.807, 2.05) is 53.6 Å². The maximum atomic E-state index is 12.6. The molecule has 5 rings (SSSR count). The second-order valence-electron chi connectivity index (χ2n) is 8.24. The molecular formula is C26H24Cl2N4O2. The number of halogens is 2. The van der Waals surface area contributed by atoms with Gasteiger partial charge in [-0.25, -0.2) is 4.98 Å². The number of hydrogen-bond donors (Lipinski definition) is 0. The van der Waals surface area contributed by atoms with Crippen LogP contribution in [-0.4, -0.2) is 57.9 Å². The maximum absolute atomic E-state index is 12.6. The Bertz CT molecular complexity index is 1280. The van der Waals surface area contributed by atoms with Gasteiger partial charge in [0.05, 0.1) is 11.4 Å². The van der Waals surface area contributed by atoms with Crippen LogP contribution in [0.1, 0.15) is 5.69 Å². The molecule has 0 saturated carbocycles. The Morgan fingerprint density at radius 1 is 0.882 bits per heavy atom. The van der Waals surface area contributed by atoms with E-state index in [0.29, 0.717) is 28.9 Å². The maximum Gasteiger partial charge on any atom is 0.260 e. The third kappa shape index (κ3) is 5.04. The van der Waals surface area contributed by atoms with E-state index in [1.54, 1.807) is 24.3 Å². The number of fused-ring (bicyclic) bond motifs is 1. The van der Waals surface area contributed by atoms with Crippen LogP contribution in [0.2, 0.25) is 10.0 Å². The number of pyridine rings is 1.